The van der Waals surface area contributed by atoms with Gasteiger partial charge in [-0.3, -0.25) is 0 Å². The number of hydrogen-bond donors (Lipinski definition) is 2. The first kappa shape index (κ1) is 11.0. The Kier molecular flexibility index (Phi) is 5.13. The van der Waals surface area contributed by atoms with Crippen LogP contribution in [0.25, 0.3) is 0 Å². The van der Waals surface area contributed by atoms with Crippen molar-refractivity contribution in [2.45, 2.75) is 20.3 Å². The molecule has 68 valence electrons. The molecule has 0 rings (SSSR count). The lowest BCUT2D eigenvalue weighted by Gasteiger charge is -2.01. The molecule has 0 amide bonds. The predicted octanol–water partition coefficient (Wildman–Crippen LogP) is 1.70. The minimum atomic E-state index is 0.517. The van der Waals surface area contributed by atoms with Crippen molar-refractivity contribution < 1.29 is 0 Å². The monoisotopic (exact) mass is 166 g/mol. The van der Waals surface area contributed by atoms with E-state index in [4.69, 9.17) is 11.5 Å². The van der Waals surface area contributed by atoms with Gasteiger partial charge in [-0.1, -0.05) is 25.2 Å². The van der Waals surface area contributed by atoms with Gasteiger partial charge in [-0.15, -0.1) is 0 Å². The molecule has 0 aliphatic heterocycles. The molecule has 0 bridgehead atoms. The maximum Gasteiger partial charge on any atom is 0.0180 e. The highest BCUT2D eigenvalue weighted by molar-refractivity contribution is 5.31. The number of hydrogen-bond acceptors (Lipinski definition) is 2. The lowest BCUT2D eigenvalue weighted by atomic mass is 10.1. The fourth-order valence-corrected chi connectivity index (χ4v) is 0.710. The maximum absolute atomic E-state index is 5.62. The van der Waals surface area contributed by atoms with Gasteiger partial charge < -0.3 is 11.5 Å². The largest absolute Gasteiger partial charge is 0.402 e. The molecule has 0 aromatic carbocycles. The van der Waals surface area contributed by atoms with Gasteiger partial charge in [0.25, 0.3) is 0 Å². The summed E-state index contributed by atoms with van der Waals surface area (Å²) in [5, 5.41) is 0. The maximum atomic E-state index is 5.62. The van der Waals surface area contributed by atoms with E-state index in [0.29, 0.717) is 6.54 Å². The quantitative estimate of drug-likeness (QED) is 0.624. The van der Waals surface area contributed by atoms with Crippen molar-refractivity contribution in [2.75, 3.05) is 6.54 Å². The topological polar surface area (TPSA) is 52.0 Å². The Morgan fingerprint density at radius 1 is 1.42 bits per heavy atom. The fraction of sp³-hybridized carbons (Fsp3) is 0.400. The van der Waals surface area contributed by atoms with Gasteiger partial charge in [-0.05, 0) is 25.0 Å². The number of allylic oxidation sites excluding steroid dienone is 3. The Balaban J connectivity index is 4.40. The summed E-state index contributed by atoms with van der Waals surface area (Å²) in [4.78, 5) is 0. The molecule has 12 heavy (non-hydrogen) atoms. The van der Waals surface area contributed by atoms with Crippen LogP contribution < -0.4 is 11.5 Å². The van der Waals surface area contributed by atoms with Crippen LogP contribution in [0.5, 0.6) is 0 Å². The molecular formula is C10H18N2. The van der Waals surface area contributed by atoms with Crippen molar-refractivity contribution in [3.8, 4) is 0 Å². The summed E-state index contributed by atoms with van der Waals surface area (Å²) in [7, 11) is 0. The van der Waals surface area contributed by atoms with Gasteiger partial charge in [0, 0.05) is 12.2 Å². The van der Waals surface area contributed by atoms with Crippen LogP contribution in [0.15, 0.2) is 35.6 Å². The molecule has 0 aromatic rings. The van der Waals surface area contributed by atoms with Gasteiger partial charge in [0.1, 0.15) is 0 Å². The smallest absolute Gasteiger partial charge is 0.0180 e. The van der Waals surface area contributed by atoms with Crippen LogP contribution in [0, 0.1) is 0 Å². The lowest BCUT2D eigenvalue weighted by Crippen LogP contribution is -2.03. The normalized spacial score (nSPS) is 13.2. The molecule has 4 N–H and O–H groups in total. The van der Waals surface area contributed by atoms with E-state index in [1.165, 1.54) is 0 Å². The average molecular weight is 166 g/mol. The van der Waals surface area contributed by atoms with Crippen LogP contribution in [0.1, 0.15) is 20.3 Å². The molecule has 0 fully saturated rings. The van der Waals surface area contributed by atoms with E-state index >= 15 is 0 Å². The van der Waals surface area contributed by atoms with E-state index < -0.39 is 0 Å². The minimum absolute atomic E-state index is 0.517. The Labute approximate surface area is 74.6 Å². The second-order valence-electron chi connectivity index (χ2n) is 2.77. The van der Waals surface area contributed by atoms with Crippen LogP contribution in [0.4, 0.5) is 0 Å². The summed E-state index contributed by atoms with van der Waals surface area (Å²) in [5.74, 6) is 0. The van der Waals surface area contributed by atoms with Crippen molar-refractivity contribution >= 4 is 0 Å². The van der Waals surface area contributed by atoms with E-state index in [2.05, 4.69) is 6.58 Å². The van der Waals surface area contributed by atoms with Crippen molar-refractivity contribution in [1.29, 1.82) is 0 Å². The summed E-state index contributed by atoms with van der Waals surface area (Å²) in [5.41, 5.74) is 14.0. The molecule has 0 heterocycles. The highest BCUT2D eigenvalue weighted by Gasteiger charge is 1.92. The lowest BCUT2D eigenvalue weighted by molar-refractivity contribution is 1.06. The SMILES string of the molecule is C=C(C)/C(=C\C=C(/N)CC)CN. The number of rotatable bonds is 4. The summed E-state index contributed by atoms with van der Waals surface area (Å²) < 4.78 is 0. The molecule has 0 aliphatic rings. The zero-order valence-electron chi connectivity index (χ0n) is 7.93. The van der Waals surface area contributed by atoms with Crippen molar-refractivity contribution in [3.63, 3.8) is 0 Å². The van der Waals surface area contributed by atoms with Crippen LogP contribution in [0.2, 0.25) is 0 Å². The molecule has 0 saturated carbocycles. The van der Waals surface area contributed by atoms with Gasteiger partial charge in [-0.2, -0.15) is 0 Å². The first-order valence-corrected chi connectivity index (χ1v) is 4.13. The minimum Gasteiger partial charge on any atom is -0.402 e. The predicted molar refractivity (Wildman–Crippen MR) is 54.5 cm³/mol. The van der Waals surface area contributed by atoms with E-state index in [1.807, 2.05) is 26.0 Å². The molecule has 2 heteroatoms. The van der Waals surface area contributed by atoms with Crippen LogP contribution in [-0.2, 0) is 0 Å². The highest BCUT2D eigenvalue weighted by atomic mass is 14.6. The van der Waals surface area contributed by atoms with Crippen LogP contribution in [-0.4, -0.2) is 6.54 Å². The van der Waals surface area contributed by atoms with Crippen LogP contribution in [0.3, 0.4) is 0 Å². The standard InChI is InChI=1S/C10H18N2/c1-4-10(12)6-5-9(7-11)8(2)3/h5-6H,2,4,7,11-12H2,1,3H3/b9-5-,10-6-. The fourth-order valence-electron chi connectivity index (χ4n) is 0.710. The van der Waals surface area contributed by atoms with E-state index in [-0.39, 0.29) is 0 Å². The Morgan fingerprint density at radius 2 is 2.00 bits per heavy atom. The summed E-state index contributed by atoms with van der Waals surface area (Å²) in [6.45, 7) is 8.28. The van der Waals surface area contributed by atoms with Gasteiger partial charge >= 0.3 is 0 Å². The van der Waals surface area contributed by atoms with E-state index in [0.717, 1.165) is 23.3 Å². The first-order valence-electron chi connectivity index (χ1n) is 4.13. The average Bonchev–Trinajstić information content (AvgIpc) is 2.04. The second-order valence-corrected chi connectivity index (χ2v) is 2.77. The van der Waals surface area contributed by atoms with Gasteiger partial charge in [-0.25, -0.2) is 0 Å². The van der Waals surface area contributed by atoms with E-state index in [9.17, 15) is 0 Å². The Bertz CT molecular complexity index is 212. The zero-order valence-corrected chi connectivity index (χ0v) is 7.93. The summed E-state index contributed by atoms with van der Waals surface area (Å²) >= 11 is 0. The molecule has 0 radical (unpaired) electrons. The molecule has 2 nitrogen and oxygen atoms in total. The molecule has 0 aliphatic carbocycles. The summed E-state index contributed by atoms with van der Waals surface area (Å²) in [6.07, 6.45) is 4.68. The van der Waals surface area contributed by atoms with E-state index in [1.54, 1.807) is 0 Å². The van der Waals surface area contributed by atoms with Crippen molar-refractivity contribution in [1.82, 2.24) is 0 Å². The van der Waals surface area contributed by atoms with Crippen LogP contribution >= 0.6 is 0 Å². The third-order valence-corrected chi connectivity index (χ3v) is 1.67. The molecule has 0 aromatic heterocycles. The molecule has 0 unspecified atom stereocenters. The molecule has 0 atom stereocenters. The highest BCUT2D eigenvalue weighted by Crippen LogP contribution is 2.05. The van der Waals surface area contributed by atoms with Gasteiger partial charge in [0.15, 0.2) is 0 Å². The molecular weight excluding hydrogens is 148 g/mol. The molecule has 0 saturated heterocycles. The Morgan fingerprint density at radius 3 is 2.33 bits per heavy atom. The molecule has 0 spiro atoms. The third kappa shape index (κ3) is 3.98. The van der Waals surface area contributed by atoms with Gasteiger partial charge in [0.2, 0.25) is 0 Å². The first-order chi connectivity index (χ1) is 5.61. The second kappa shape index (κ2) is 5.61. The third-order valence-electron chi connectivity index (χ3n) is 1.67. The Hall–Kier alpha value is -1.02. The van der Waals surface area contributed by atoms with Crippen molar-refractivity contribution in [2.24, 2.45) is 11.5 Å². The van der Waals surface area contributed by atoms with Gasteiger partial charge in [0.05, 0.1) is 0 Å². The van der Waals surface area contributed by atoms with Crippen molar-refractivity contribution in [3.05, 3.63) is 35.6 Å². The zero-order chi connectivity index (χ0) is 9.56. The number of nitrogens with two attached hydrogens (primary N) is 2. The summed E-state index contributed by atoms with van der Waals surface area (Å²) in [6, 6.07) is 0.